The first kappa shape index (κ1) is 32.0. The lowest BCUT2D eigenvalue weighted by Gasteiger charge is -2.32. The van der Waals surface area contributed by atoms with Crippen molar-refractivity contribution in [2.24, 2.45) is 0 Å². The number of para-hydroxylation sites is 2. The molecule has 0 aromatic heterocycles. The molecule has 0 saturated heterocycles. The van der Waals surface area contributed by atoms with Crippen molar-refractivity contribution in [2.45, 2.75) is 51.7 Å². The molecule has 0 radical (unpaired) electrons. The summed E-state index contributed by atoms with van der Waals surface area (Å²) in [5.41, 5.74) is 2.02. The number of benzene rings is 3. The van der Waals surface area contributed by atoms with Gasteiger partial charge in [0.1, 0.15) is 11.8 Å². The lowest BCUT2D eigenvalue weighted by Crippen LogP contribution is -2.51. The molecular formula is C31H38ClN3O5S. The van der Waals surface area contributed by atoms with E-state index in [1.807, 2.05) is 62.4 Å². The van der Waals surface area contributed by atoms with Crippen LogP contribution in [-0.2, 0) is 32.6 Å². The Morgan fingerprint density at radius 2 is 1.59 bits per heavy atom. The van der Waals surface area contributed by atoms with Gasteiger partial charge in [-0.15, -0.1) is 0 Å². The summed E-state index contributed by atoms with van der Waals surface area (Å²) < 4.78 is 32.0. The van der Waals surface area contributed by atoms with E-state index in [2.05, 4.69) is 5.32 Å². The summed E-state index contributed by atoms with van der Waals surface area (Å²) in [5, 5.41) is 3.45. The van der Waals surface area contributed by atoms with Gasteiger partial charge in [0.15, 0.2) is 0 Å². The standard InChI is InChI=1S/C31H38ClN3O5S/c1-23(2)33-31(37)28(21-24-13-6-5-7-14-24)34(22-25-15-8-9-16-26(25)32)30(36)19-12-20-35(41(4,38)39)27-17-10-11-18-29(27)40-3/h5-11,13-18,23,28H,12,19-22H2,1-4H3,(H,33,37). The minimum absolute atomic E-state index is 0.0197. The van der Waals surface area contributed by atoms with Gasteiger partial charge < -0.3 is 15.0 Å². The third-order valence-electron chi connectivity index (χ3n) is 6.51. The summed E-state index contributed by atoms with van der Waals surface area (Å²) in [6.07, 6.45) is 1.68. The van der Waals surface area contributed by atoms with Crippen molar-refractivity contribution < 1.29 is 22.7 Å². The van der Waals surface area contributed by atoms with E-state index in [4.69, 9.17) is 16.3 Å². The van der Waals surface area contributed by atoms with Crippen LogP contribution in [0.15, 0.2) is 78.9 Å². The second kappa shape index (κ2) is 14.9. The summed E-state index contributed by atoms with van der Waals surface area (Å²) >= 11 is 6.47. The normalized spacial score (nSPS) is 12.0. The number of rotatable bonds is 14. The molecule has 0 heterocycles. The van der Waals surface area contributed by atoms with Crippen LogP contribution in [-0.4, -0.2) is 57.1 Å². The maximum absolute atomic E-state index is 13.9. The number of carbonyl (C=O) groups excluding carboxylic acids is 2. The molecule has 8 nitrogen and oxygen atoms in total. The summed E-state index contributed by atoms with van der Waals surface area (Å²) in [6.45, 7) is 3.93. The number of halogens is 1. The molecule has 0 aliphatic heterocycles. The van der Waals surface area contributed by atoms with E-state index in [-0.39, 0.29) is 43.8 Å². The first-order chi connectivity index (χ1) is 19.5. The minimum atomic E-state index is -3.66. The van der Waals surface area contributed by atoms with Gasteiger partial charge >= 0.3 is 0 Å². The topological polar surface area (TPSA) is 96.0 Å². The molecule has 220 valence electrons. The Balaban J connectivity index is 1.90. The number of nitrogens with zero attached hydrogens (tertiary/aromatic N) is 2. The summed E-state index contributed by atoms with van der Waals surface area (Å²) in [7, 11) is -2.18. The van der Waals surface area contributed by atoms with Gasteiger partial charge in [0, 0.05) is 37.0 Å². The number of nitrogens with one attached hydrogen (secondary N) is 1. The van der Waals surface area contributed by atoms with Crippen molar-refractivity contribution in [3.8, 4) is 5.75 Å². The molecule has 10 heteroatoms. The number of anilines is 1. The smallest absolute Gasteiger partial charge is 0.243 e. The molecule has 1 N–H and O–H groups in total. The Morgan fingerprint density at radius 3 is 2.22 bits per heavy atom. The Labute approximate surface area is 248 Å². The van der Waals surface area contributed by atoms with E-state index in [9.17, 15) is 18.0 Å². The van der Waals surface area contributed by atoms with E-state index < -0.39 is 16.1 Å². The lowest BCUT2D eigenvalue weighted by molar-refractivity contribution is -0.141. The van der Waals surface area contributed by atoms with Crippen LogP contribution in [0, 0.1) is 0 Å². The van der Waals surface area contributed by atoms with Crippen LogP contribution in [0.1, 0.15) is 37.8 Å². The molecule has 3 aromatic carbocycles. The molecule has 0 fully saturated rings. The molecule has 3 rings (SSSR count). The van der Waals surface area contributed by atoms with E-state index in [0.717, 1.165) is 11.8 Å². The number of hydrogen-bond acceptors (Lipinski definition) is 5. The molecule has 41 heavy (non-hydrogen) atoms. The Hall–Kier alpha value is -3.56. The highest BCUT2D eigenvalue weighted by Crippen LogP contribution is 2.30. The fourth-order valence-corrected chi connectivity index (χ4v) is 5.73. The van der Waals surface area contributed by atoms with E-state index in [0.29, 0.717) is 28.4 Å². The molecule has 0 aliphatic carbocycles. The van der Waals surface area contributed by atoms with Crippen LogP contribution in [0.25, 0.3) is 0 Å². The van der Waals surface area contributed by atoms with E-state index in [1.54, 1.807) is 35.2 Å². The van der Waals surface area contributed by atoms with Crippen LogP contribution in [0.2, 0.25) is 5.02 Å². The molecule has 1 atom stereocenters. The molecule has 0 aliphatic rings. The highest BCUT2D eigenvalue weighted by molar-refractivity contribution is 7.92. The van der Waals surface area contributed by atoms with Crippen molar-refractivity contribution in [3.63, 3.8) is 0 Å². The van der Waals surface area contributed by atoms with Crippen LogP contribution in [0.5, 0.6) is 5.75 Å². The first-order valence-corrected chi connectivity index (χ1v) is 15.7. The number of ether oxygens (including phenoxy) is 1. The zero-order valence-corrected chi connectivity index (χ0v) is 25.5. The average Bonchev–Trinajstić information content (AvgIpc) is 2.93. The highest BCUT2D eigenvalue weighted by Gasteiger charge is 2.31. The van der Waals surface area contributed by atoms with Crippen molar-refractivity contribution in [1.82, 2.24) is 10.2 Å². The third kappa shape index (κ3) is 9.23. The van der Waals surface area contributed by atoms with Gasteiger partial charge in [-0.2, -0.15) is 0 Å². The largest absolute Gasteiger partial charge is 0.495 e. The van der Waals surface area contributed by atoms with E-state index in [1.165, 1.54) is 11.4 Å². The third-order valence-corrected chi connectivity index (χ3v) is 8.06. The van der Waals surface area contributed by atoms with Gasteiger partial charge in [-0.3, -0.25) is 13.9 Å². The summed E-state index contributed by atoms with van der Waals surface area (Å²) in [5.74, 6) is -0.132. The van der Waals surface area contributed by atoms with Gasteiger partial charge in [0.05, 0.1) is 19.1 Å². The van der Waals surface area contributed by atoms with E-state index >= 15 is 0 Å². The van der Waals surface area contributed by atoms with Crippen molar-refractivity contribution >= 4 is 39.1 Å². The summed E-state index contributed by atoms with van der Waals surface area (Å²) in [4.78, 5) is 28.9. The van der Waals surface area contributed by atoms with Crippen molar-refractivity contribution in [2.75, 3.05) is 24.2 Å². The molecular weight excluding hydrogens is 562 g/mol. The van der Waals surface area contributed by atoms with Gasteiger partial charge in [0.25, 0.3) is 0 Å². The minimum Gasteiger partial charge on any atom is -0.495 e. The maximum atomic E-state index is 13.9. The van der Waals surface area contributed by atoms with Crippen molar-refractivity contribution in [3.05, 3.63) is 95.0 Å². The number of methoxy groups -OCH3 is 1. The molecule has 0 bridgehead atoms. The van der Waals surface area contributed by atoms with Crippen LogP contribution < -0.4 is 14.4 Å². The number of amides is 2. The Kier molecular flexibility index (Phi) is 11.6. The zero-order valence-electron chi connectivity index (χ0n) is 23.9. The Bertz CT molecular complexity index is 1420. The molecule has 3 aromatic rings. The monoisotopic (exact) mass is 599 g/mol. The number of carbonyl (C=O) groups is 2. The molecule has 0 spiro atoms. The molecule has 1 unspecified atom stereocenters. The predicted molar refractivity (Wildman–Crippen MR) is 164 cm³/mol. The maximum Gasteiger partial charge on any atom is 0.243 e. The second-order valence-electron chi connectivity index (χ2n) is 10.1. The fraction of sp³-hybridized carbons (Fsp3) is 0.355. The van der Waals surface area contributed by atoms with Gasteiger partial charge in [-0.25, -0.2) is 8.42 Å². The van der Waals surface area contributed by atoms with Crippen LogP contribution in [0.3, 0.4) is 0 Å². The van der Waals surface area contributed by atoms with Gasteiger partial charge in [0.2, 0.25) is 21.8 Å². The highest BCUT2D eigenvalue weighted by atomic mass is 35.5. The molecule has 0 saturated carbocycles. The fourth-order valence-electron chi connectivity index (χ4n) is 4.56. The number of sulfonamides is 1. The lowest BCUT2D eigenvalue weighted by atomic mass is 10.0. The van der Waals surface area contributed by atoms with Gasteiger partial charge in [-0.1, -0.05) is 72.3 Å². The Morgan fingerprint density at radius 1 is 0.951 bits per heavy atom. The van der Waals surface area contributed by atoms with Crippen LogP contribution >= 0.6 is 11.6 Å². The van der Waals surface area contributed by atoms with Crippen LogP contribution in [0.4, 0.5) is 5.69 Å². The molecule has 2 amide bonds. The number of hydrogen-bond donors (Lipinski definition) is 1. The second-order valence-corrected chi connectivity index (χ2v) is 12.4. The average molecular weight is 600 g/mol. The SMILES string of the molecule is COc1ccccc1N(CCCC(=O)N(Cc1ccccc1Cl)C(Cc1ccccc1)C(=O)NC(C)C)S(C)(=O)=O. The first-order valence-electron chi connectivity index (χ1n) is 13.5. The van der Waals surface area contributed by atoms with Crippen molar-refractivity contribution in [1.29, 1.82) is 0 Å². The van der Waals surface area contributed by atoms with Gasteiger partial charge in [-0.05, 0) is 49.6 Å². The summed E-state index contributed by atoms with van der Waals surface area (Å²) in [6, 6.07) is 22.7. The zero-order chi connectivity index (χ0) is 30.0. The quantitative estimate of drug-likeness (QED) is 0.279. The predicted octanol–water partition coefficient (Wildman–Crippen LogP) is 5.06.